The third-order valence-electron chi connectivity index (χ3n) is 5.43. The first-order chi connectivity index (χ1) is 15.7. The van der Waals surface area contributed by atoms with Crippen molar-refractivity contribution in [1.82, 2.24) is 14.9 Å². The maximum atomic E-state index is 13.8. The Kier molecular flexibility index (Phi) is 6.14. The van der Waals surface area contributed by atoms with Crippen LogP contribution in [0.3, 0.4) is 0 Å². The Bertz CT molecular complexity index is 1150. The molecule has 4 rings (SSSR count). The van der Waals surface area contributed by atoms with Crippen LogP contribution in [-0.2, 0) is 6.18 Å². The van der Waals surface area contributed by atoms with E-state index in [0.29, 0.717) is 37.4 Å². The van der Waals surface area contributed by atoms with Gasteiger partial charge in [0.05, 0.1) is 16.2 Å². The van der Waals surface area contributed by atoms with E-state index in [-0.39, 0.29) is 23.0 Å². The van der Waals surface area contributed by atoms with Crippen LogP contribution in [0.1, 0.15) is 5.56 Å². The summed E-state index contributed by atoms with van der Waals surface area (Å²) < 4.78 is 41.5. The molecule has 1 N–H and O–H groups in total. The van der Waals surface area contributed by atoms with Gasteiger partial charge in [-0.05, 0) is 43.4 Å². The number of nitrogens with zero attached hydrogens (tertiary/aromatic N) is 5. The van der Waals surface area contributed by atoms with Crippen molar-refractivity contribution < 1.29 is 18.1 Å². The Morgan fingerprint density at radius 3 is 2.36 bits per heavy atom. The number of likely N-dealkylation sites (N-methyl/N-ethyl adjacent to an activating group) is 1. The van der Waals surface area contributed by atoms with Gasteiger partial charge in [-0.15, -0.1) is 0 Å². The number of benzene rings is 2. The molecule has 172 valence electrons. The molecule has 0 unspecified atom stereocenters. The minimum atomic E-state index is -4.52. The van der Waals surface area contributed by atoms with Gasteiger partial charge in [0.1, 0.15) is 0 Å². The van der Waals surface area contributed by atoms with Crippen LogP contribution in [0, 0.1) is 10.1 Å². The minimum absolute atomic E-state index is 0.0497. The van der Waals surface area contributed by atoms with Crippen LogP contribution in [-0.4, -0.2) is 53.0 Å². The van der Waals surface area contributed by atoms with Gasteiger partial charge in [0.25, 0.3) is 5.69 Å². The van der Waals surface area contributed by atoms with Gasteiger partial charge in [0, 0.05) is 61.4 Å². The highest BCUT2D eigenvalue weighted by molar-refractivity contribution is 5.67. The van der Waals surface area contributed by atoms with Gasteiger partial charge >= 0.3 is 6.18 Å². The van der Waals surface area contributed by atoms with Crippen LogP contribution in [0.15, 0.2) is 54.7 Å². The Morgan fingerprint density at radius 2 is 1.73 bits per heavy atom. The summed E-state index contributed by atoms with van der Waals surface area (Å²) in [5.74, 6) is 0.117. The zero-order valence-corrected chi connectivity index (χ0v) is 17.7. The molecule has 0 saturated carbocycles. The van der Waals surface area contributed by atoms with Crippen molar-refractivity contribution >= 4 is 23.0 Å². The summed E-state index contributed by atoms with van der Waals surface area (Å²) in [5.41, 5.74) is 0.692. The number of non-ortho nitro benzene ring substituents is 1. The first-order valence-corrected chi connectivity index (χ1v) is 10.2. The number of alkyl halides is 3. The van der Waals surface area contributed by atoms with Gasteiger partial charge < -0.3 is 15.1 Å². The maximum absolute atomic E-state index is 13.8. The topological polar surface area (TPSA) is 87.4 Å². The second-order valence-corrected chi connectivity index (χ2v) is 7.71. The monoisotopic (exact) mass is 458 g/mol. The summed E-state index contributed by atoms with van der Waals surface area (Å²) in [5, 5.41) is 13.7. The molecule has 2 heterocycles. The summed E-state index contributed by atoms with van der Waals surface area (Å²) in [6, 6.07) is 11.5. The van der Waals surface area contributed by atoms with Crippen molar-refractivity contribution in [3.05, 3.63) is 70.4 Å². The van der Waals surface area contributed by atoms with Crippen LogP contribution in [0.25, 0.3) is 11.3 Å². The number of rotatable bonds is 5. The van der Waals surface area contributed by atoms with Gasteiger partial charge in [-0.1, -0.05) is 0 Å². The van der Waals surface area contributed by atoms with E-state index < -0.39 is 16.7 Å². The molecule has 2 aromatic carbocycles. The van der Waals surface area contributed by atoms with E-state index in [1.54, 1.807) is 29.2 Å². The molecular weight excluding hydrogens is 437 g/mol. The van der Waals surface area contributed by atoms with Crippen LogP contribution in [0.5, 0.6) is 0 Å². The number of aromatic nitrogens is 2. The predicted molar refractivity (Wildman–Crippen MR) is 119 cm³/mol. The van der Waals surface area contributed by atoms with Gasteiger partial charge in [0.15, 0.2) is 0 Å². The molecule has 0 bridgehead atoms. The van der Waals surface area contributed by atoms with Crippen LogP contribution in [0.4, 0.5) is 36.2 Å². The average Bonchev–Trinajstić information content (AvgIpc) is 2.79. The molecule has 0 radical (unpaired) electrons. The first kappa shape index (κ1) is 22.5. The smallest absolute Gasteiger partial charge is 0.368 e. The molecule has 0 atom stereocenters. The number of piperazine rings is 1. The van der Waals surface area contributed by atoms with Crippen molar-refractivity contribution in [2.75, 3.05) is 43.4 Å². The summed E-state index contributed by atoms with van der Waals surface area (Å²) in [7, 11) is 1.94. The zero-order valence-electron chi connectivity index (χ0n) is 17.7. The predicted octanol–water partition coefficient (Wildman–Crippen LogP) is 4.57. The van der Waals surface area contributed by atoms with E-state index in [2.05, 4.69) is 20.2 Å². The van der Waals surface area contributed by atoms with E-state index in [4.69, 9.17) is 0 Å². The fourth-order valence-electron chi connectivity index (χ4n) is 3.63. The standard InChI is InChI=1S/C22H21F3N6O2/c1-29-10-12-30(13-11-29)20-7-4-16(14-18(20)22(23,24)25)27-21-26-9-8-19(28-21)15-2-5-17(6-3-15)31(32)33/h2-9,14H,10-13H2,1H3,(H,26,27,28). The normalized spacial score (nSPS) is 14.8. The number of hydrogen-bond acceptors (Lipinski definition) is 7. The van der Waals surface area contributed by atoms with Crippen molar-refractivity contribution in [1.29, 1.82) is 0 Å². The van der Waals surface area contributed by atoms with Crippen LogP contribution < -0.4 is 10.2 Å². The molecule has 8 nitrogen and oxygen atoms in total. The van der Waals surface area contributed by atoms with Gasteiger partial charge in [-0.25, -0.2) is 9.97 Å². The molecule has 0 spiro atoms. The molecule has 0 aliphatic carbocycles. The fraction of sp³-hybridized carbons (Fsp3) is 0.273. The van der Waals surface area contributed by atoms with E-state index in [1.165, 1.54) is 24.4 Å². The number of nitro benzene ring substituents is 1. The highest BCUT2D eigenvalue weighted by Gasteiger charge is 2.35. The molecular formula is C22H21F3N6O2. The Hall–Kier alpha value is -3.73. The van der Waals surface area contributed by atoms with E-state index in [0.717, 1.165) is 6.07 Å². The zero-order chi connectivity index (χ0) is 23.6. The minimum Gasteiger partial charge on any atom is -0.368 e. The fourth-order valence-corrected chi connectivity index (χ4v) is 3.63. The van der Waals surface area contributed by atoms with E-state index in [9.17, 15) is 23.3 Å². The number of nitrogens with one attached hydrogen (secondary N) is 1. The summed E-state index contributed by atoms with van der Waals surface area (Å²) >= 11 is 0. The first-order valence-electron chi connectivity index (χ1n) is 10.2. The lowest BCUT2D eigenvalue weighted by molar-refractivity contribution is -0.384. The second-order valence-electron chi connectivity index (χ2n) is 7.71. The second kappa shape index (κ2) is 9.02. The number of anilines is 3. The molecule has 3 aromatic rings. The van der Waals surface area contributed by atoms with E-state index >= 15 is 0 Å². The van der Waals surface area contributed by atoms with Gasteiger partial charge in [-0.3, -0.25) is 10.1 Å². The lowest BCUT2D eigenvalue weighted by Crippen LogP contribution is -2.45. The molecule has 0 amide bonds. The average molecular weight is 458 g/mol. The van der Waals surface area contributed by atoms with Gasteiger partial charge in [-0.2, -0.15) is 13.2 Å². The summed E-state index contributed by atoms with van der Waals surface area (Å²) in [6.07, 6.45) is -3.05. The Balaban J connectivity index is 1.59. The molecule has 11 heteroatoms. The number of nitro groups is 1. The molecule has 1 aromatic heterocycles. The molecule has 1 aliphatic heterocycles. The highest BCUT2D eigenvalue weighted by Crippen LogP contribution is 2.39. The number of halogens is 3. The molecule has 33 heavy (non-hydrogen) atoms. The van der Waals surface area contributed by atoms with Crippen LogP contribution >= 0.6 is 0 Å². The van der Waals surface area contributed by atoms with Crippen molar-refractivity contribution in [2.24, 2.45) is 0 Å². The van der Waals surface area contributed by atoms with Gasteiger partial charge in [0.2, 0.25) is 5.95 Å². The van der Waals surface area contributed by atoms with E-state index in [1.807, 2.05) is 7.05 Å². The molecule has 1 fully saturated rings. The quantitative estimate of drug-likeness (QED) is 0.443. The molecule has 1 saturated heterocycles. The third-order valence-corrected chi connectivity index (χ3v) is 5.43. The van der Waals surface area contributed by atoms with Crippen LogP contribution in [0.2, 0.25) is 0 Å². The molecule has 1 aliphatic rings. The Labute approximate surface area is 187 Å². The Morgan fingerprint density at radius 1 is 1.03 bits per heavy atom. The lowest BCUT2D eigenvalue weighted by Gasteiger charge is -2.35. The summed E-state index contributed by atoms with van der Waals surface area (Å²) in [4.78, 5) is 22.6. The SMILES string of the molecule is CN1CCN(c2ccc(Nc3nccc(-c4ccc([N+](=O)[O-])cc4)n3)cc2C(F)(F)F)CC1. The van der Waals surface area contributed by atoms with Crippen molar-refractivity contribution in [3.63, 3.8) is 0 Å². The summed E-state index contributed by atoms with van der Waals surface area (Å²) in [6.45, 7) is 2.43. The highest BCUT2D eigenvalue weighted by atomic mass is 19.4. The maximum Gasteiger partial charge on any atom is 0.418 e. The van der Waals surface area contributed by atoms with Crippen molar-refractivity contribution in [2.45, 2.75) is 6.18 Å². The largest absolute Gasteiger partial charge is 0.418 e. The number of hydrogen-bond donors (Lipinski definition) is 1. The lowest BCUT2D eigenvalue weighted by atomic mass is 10.1. The third kappa shape index (κ3) is 5.20. The van der Waals surface area contributed by atoms with Crippen molar-refractivity contribution in [3.8, 4) is 11.3 Å².